The molecule has 21 N–H and O–H groups in total. The van der Waals surface area contributed by atoms with Crippen LogP contribution in [0.25, 0.3) is 0 Å². The van der Waals surface area contributed by atoms with Gasteiger partial charge in [-0.1, -0.05) is 36.8 Å². The molecule has 26 nitrogen and oxygen atoms in total. The Kier molecular flexibility index (Phi) is 27.5. The van der Waals surface area contributed by atoms with Crippen molar-refractivity contribution in [2.45, 2.75) is 113 Å². The highest BCUT2D eigenvalue weighted by atomic mass is 16.4. The molecule has 1 rings (SSSR count). The van der Waals surface area contributed by atoms with Crippen molar-refractivity contribution in [2.75, 3.05) is 32.7 Å². The molecule has 6 atom stereocenters. The van der Waals surface area contributed by atoms with Gasteiger partial charge in [0.25, 0.3) is 0 Å². The third-order valence-electron chi connectivity index (χ3n) is 9.56. The number of unbranched alkanes of at least 4 members (excludes halogenated alkanes) is 2. The van der Waals surface area contributed by atoms with E-state index in [2.05, 4.69) is 36.9 Å². The number of carbonyl (C=O) groups is 10. The Bertz CT molecular complexity index is 1820. The van der Waals surface area contributed by atoms with Gasteiger partial charge < -0.3 is 81.8 Å². The molecular weight excluding hydrogens is 869 g/mol. The van der Waals surface area contributed by atoms with Crippen molar-refractivity contribution in [1.82, 2.24) is 37.2 Å². The molecule has 8 amide bonds. The molecule has 26 heteroatoms. The molecule has 0 aliphatic heterocycles. The monoisotopic (exact) mass is 934 g/mol. The second-order valence-electron chi connectivity index (χ2n) is 15.1. The predicted molar refractivity (Wildman–Crippen MR) is 238 cm³/mol. The van der Waals surface area contributed by atoms with Crippen LogP contribution < -0.4 is 71.6 Å². The van der Waals surface area contributed by atoms with Gasteiger partial charge >= 0.3 is 11.9 Å². The van der Waals surface area contributed by atoms with E-state index in [0.29, 0.717) is 37.8 Å². The van der Waals surface area contributed by atoms with Crippen molar-refractivity contribution in [3.63, 3.8) is 0 Å². The Morgan fingerprint density at radius 3 is 1.58 bits per heavy atom. The Morgan fingerprint density at radius 1 is 0.545 bits per heavy atom. The summed E-state index contributed by atoms with van der Waals surface area (Å²) in [6, 6.07) is 0.0936. The van der Waals surface area contributed by atoms with Crippen molar-refractivity contribution >= 4 is 65.2 Å². The molecule has 1 aromatic carbocycles. The SMILES string of the molecule is NCCCC[C@H](NC(=O)[C@H](Cc1ccccc1)NC(=O)[C@H](CCCN=C(N)N)NC(=O)[C@@H](N)CCCCN)C(=O)N[C@@H](CCC(N)=O)C(=O)N[C@@H](CC(=O)O)C(=O)NCC(=O)NCC(=O)O. The number of amides is 8. The summed E-state index contributed by atoms with van der Waals surface area (Å²) in [6.45, 7) is -0.835. The Hall–Kier alpha value is -6.93. The number of carboxylic acid groups (broad SMARTS) is 2. The molecule has 0 unspecified atom stereocenters. The number of carbonyl (C=O) groups excluding carboxylic acids is 8. The molecular formula is C40H66N14O12. The smallest absolute Gasteiger partial charge is 0.322 e. The van der Waals surface area contributed by atoms with Crippen LogP contribution in [0.3, 0.4) is 0 Å². The normalized spacial score (nSPS) is 13.4. The largest absolute Gasteiger partial charge is 0.481 e. The van der Waals surface area contributed by atoms with E-state index in [1.165, 1.54) is 0 Å². The van der Waals surface area contributed by atoms with Crippen LogP contribution in [0.2, 0.25) is 0 Å². The van der Waals surface area contributed by atoms with Crippen molar-refractivity contribution < 1.29 is 58.2 Å². The van der Waals surface area contributed by atoms with Crippen LogP contribution in [0.5, 0.6) is 0 Å². The van der Waals surface area contributed by atoms with E-state index < -0.39 is 128 Å². The van der Waals surface area contributed by atoms with E-state index in [-0.39, 0.29) is 51.2 Å². The highest BCUT2D eigenvalue weighted by molar-refractivity contribution is 5.98. The highest BCUT2D eigenvalue weighted by Gasteiger charge is 2.34. The number of guanidine groups is 1. The van der Waals surface area contributed by atoms with Gasteiger partial charge in [-0.2, -0.15) is 0 Å². The topological polar surface area (TPSA) is 464 Å². The summed E-state index contributed by atoms with van der Waals surface area (Å²) >= 11 is 0. The number of hydrogen-bond donors (Lipinski definition) is 15. The number of hydrogen-bond acceptors (Lipinski definition) is 14. The fraction of sp³-hybridized carbons (Fsp3) is 0.575. The number of primary amides is 1. The number of nitrogens with zero attached hydrogens (tertiary/aromatic N) is 1. The minimum Gasteiger partial charge on any atom is -0.481 e. The van der Waals surface area contributed by atoms with Crippen LogP contribution in [-0.4, -0.2) is 144 Å². The van der Waals surface area contributed by atoms with Gasteiger partial charge in [-0.05, 0) is 70.0 Å². The quantitative estimate of drug-likeness (QED) is 0.0174. The van der Waals surface area contributed by atoms with Crippen molar-refractivity contribution in [3.8, 4) is 0 Å². The van der Waals surface area contributed by atoms with Gasteiger partial charge in [-0.25, -0.2) is 0 Å². The van der Waals surface area contributed by atoms with E-state index in [4.69, 9.17) is 39.5 Å². The maximum absolute atomic E-state index is 14.2. The Morgan fingerprint density at radius 2 is 1.05 bits per heavy atom. The van der Waals surface area contributed by atoms with Crippen LogP contribution in [0, 0.1) is 0 Å². The summed E-state index contributed by atoms with van der Waals surface area (Å²) in [7, 11) is 0. The molecule has 0 saturated carbocycles. The predicted octanol–water partition coefficient (Wildman–Crippen LogP) is -5.65. The maximum Gasteiger partial charge on any atom is 0.322 e. The minimum absolute atomic E-state index is 0.0273. The summed E-state index contributed by atoms with van der Waals surface area (Å²) in [5.74, 6) is -10.4. The van der Waals surface area contributed by atoms with Gasteiger partial charge in [-0.3, -0.25) is 52.9 Å². The van der Waals surface area contributed by atoms with Gasteiger partial charge in [0.1, 0.15) is 36.8 Å². The standard InChI is InChI=1S/C40H66N14O12/c41-16-6-4-11-24(43)34(61)50-26(13-8-18-47-40(45)46)37(64)53-28(19-23-9-2-1-3-10-23)39(66)51-25(12-5-7-17-42)36(63)52-27(14-15-30(44)55)38(65)54-29(20-32(57)58)35(62)49-21-31(56)48-22-33(59)60/h1-3,9-10,24-29H,4-8,11-22,41-43H2,(H2,44,55)(H,48,56)(H,49,62)(H,50,61)(H,51,66)(H,52,63)(H,53,64)(H,54,65)(H,57,58)(H,59,60)(H4,45,46,47)/t24-,25-,26-,27-,28-,29-/m0/s1. The lowest BCUT2D eigenvalue weighted by molar-refractivity contribution is -0.141. The molecule has 0 radical (unpaired) electrons. The molecule has 0 heterocycles. The molecule has 66 heavy (non-hydrogen) atoms. The van der Waals surface area contributed by atoms with E-state index in [9.17, 15) is 53.1 Å². The molecule has 0 spiro atoms. The van der Waals surface area contributed by atoms with Crippen molar-refractivity contribution in [2.24, 2.45) is 39.4 Å². The molecule has 368 valence electrons. The average molecular weight is 935 g/mol. The minimum atomic E-state index is -1.83. The van der Waals surface area contributed by atoms with Crippen LogP contribution in [0.1, 0.15) is 76.2 Å². The third kappa shape index (κ3) is 24.8. The summed E-state index contributed by atoms with van der Waals surface area (Å²) in [5.41, 5.74) is 34.2. The fourth-order valence-electron chi connectivity index (χ4n) is 6.07. The number of nitrogens with one attached hydrogen (secondary N) is 7. The van der Waals surface area contributed by atoms with Crippen LogP contribution in [0.4, 0.5) is 0 Å². The number of nitrogens with two attached hydrogens (primary N) is 6. The second kappa shape index (κ2) is 31.8. The van der Waals surface area contributed by atoms with Crippen LogP contribution in [0.15, 0.2) is 35.3 Å². The summed E-state index contributed by atoms with van der Waals surface area (Å²) in [6.07, 6.45) is 0.332. The first kappa shape index (κ1) is 57.1. The van der Waals surface area contributed by atoms with E-state index in [1.54, 1.807) is 30.3 Å². The first-order valence-electron chi connectivity index (χ1n) is 21.3. The highest BCUT2D eigenvalue weighted by Crippen LogP contribution is 2.10. The molecule has 1 aromatic rings. The Balaban J connectivity index is 3.48. The molecule has 0 saturated heterocycles. The summed E-state index contributed by atoms with van der Waals surface area (Å²) in [5, 5.41) is 34.8. The lowest BCUT2D eigenvalue weighted by atomic mass is 10.0. The van der Waals surface area contributed by atoms with Gasteiger partial charge in [0.05, 0.1) is 19.0 Å². The second-order valence-corrected chi connectivity index (χ2v) is 15.1. The third-order valence-corrected chi connectivity index (χ3v) is 9.56. The maximum atomic E-state index is 14.2. The van der Waals surface area contributed by atoms with Gasteiger partial charge in [0, 0.05) is 19.4 Å². The lowest BCUT2D eigenvalue weighted by Gasteiger charge is -2.27. The zero-order valence-electron chi connectivity index (χ0n) is 36.8. The number of aliphatic carboxylic acids is 2. The molecule has 0 fully saturated rings. The molecule has 0 aliphatic rings. The summed E-state index contributed by atoms with van der Waals surface area (Å²) in [4.78, 5) is 132. The lowest BCUT2D eigenvalue weighted by Crippen LogP contribution is -2.60. The number of rotatable bonds is 34. The van der Waals surface area contributed by atoms with E-state index in [1.807, 2.05) is 5.32 Å². The van der Waals surface area contributed by atoms with Gasteiger partial charge in [-0.15, -0.1) is 0 Å². The zero-order valence-corrected chi connectivity index (χ0v) is 36.8. The van der Waals surface area contributed by atoms with Gasteiger partial charge in [0.15, 0.2) is 5.96 Å². The van der Waals surface area contributed by atoms with E-state index in [0.717, 1.165) is 0 Å². The number of carboxylic acids is 2. The first-order chi connectivity index (χ1) is 31.3. The summed E-state index contributed by atoms with van der Waals surface area (Å²) < 4.78 is 0. The van der Waals surface area contributed by atoms with Crippen molar-refractivity contribution in [1.29, 1.82) is 0 Å². The Labute approximate surface area is 381 Å². The number of benzene rings is 1. The first-order valence-corrected chi connectivity index (χ1v) is 21.3. The average Bonchev–Trinajstić information content (AvgIpc) is 3.26. The fourth-order valence-corrected chi connectivity index (χ4v) is 6.07. The van der Waals surface area contributed by atoms with Crippen LogP contribution >= 0.6 is 0 Å². The molecule has 0 aromatic heterocycles. The van der Waals surface area contributed by atoms with Crippen LogP contribution in [-0.2, 0) is 54.4 Å². The molecule has 0 aliphatic carbocycles. The van der Waals surface area contributed by atoms with E-state index >= 15 is 0 Å². The van der Waals surface area contributed by atoms with Crippen molar-refractivity contribution in [3.05, 3.63) is 35.9 Å². The molecule has 0 bridgehead atoms. The number of aliphatic imine (C=N–C) groups is 1. The zero-order chi connectivity index (χ0) is 49.6. The van der Waals surface area contributed by atoms with Gasteiger partial charge in [0.2, 0.25) is 47.3 Å².